The number of nitrogens with zero attached hydrogens (tertiary/aromatic N) is 1. The van der Waals surface area contributed by atoms with Gasteiger partial charge in [0.05, 0.1) is 6.54 Å². The molecule has 1 aliphatic heterocycles. The van der Waals surface area contributed by atoms with Crippen LogP contribution in [0.4, 0.5) is 4.79 Å². The molecule has 0 aromatic heterocycles. The van der Waals surface area contributed by atoms with Crippen LogP contribution in [0.2, 0.25) is 0 Å². The van der Waals surface area contributed by atoms with Gasteiger partial charge in [-0.1, -0.05) is 0 Å². The molecule has 6 heteroatoms. The first-order chi connectivity index (χ1) is 6.72. The summed E-state index contributed by atoms with van der Waals surface area (Å²) in [5.41, 5.74) is 0. The third-order valence-corrected chi connectivity index (χ3v) is 2.06. The first kappa shape index (κ1) is 10.9. The van der Waals surface area contributed by atoms with Crippen LogP contribution >= 0.6 is 0 Å². The largest absolute Gasteiger partial charge is 0.341 e. The smallest absolute Gasteiger partial charge is 0.321 e. The van der Waals surface area contributed by atoms with E-state index in [1.54, 1.807) is 0 Å². The number of piperazine rings is 1. The maximum absolute atomic E-state index is 11.2. The van der Waals surface area contributed by atoms with Gasteiger partial charge in [0.15, 0.2) is 0 Å². The second-order valence-corrected chi connectivity index (χ2v) is 3.15. The maximum Gasteiger partial charge on any atom is 0.321 e. The number of carbonyl (C=O) groups is 2. The number of imide groups is 1. The van der Waals surface area contributed by atoms with Gasteiger partial charge in [-0.05, 0) is 0 Å². The number of hydrogen-bond acceptors (Lipinski definition) is 4. The number of hydrogen-bond donors (Lipinski definition) is 3. The standard InChI is InChI=1S/C8H16N4O2/c1-9-8(14)11-7(13)6-12-4-2-10-3-5-12/h10H,2-6H2,1H3,(H2,9,11,13,14). The SMILES string of the molecule is CNC(=O)NC(=O)CN1CCNCC1. The van der Waals surface area contributed by atoms with E-state index in [0.717, 1.165) is 26.2 Å². The average Bonchev–Trinajstić information content (AvgIpc) is 2.19. The molecule has 1 rings (SSSR count). The fourth-order valence-electron chi connectivity index (χ4n) is 1.30. The predicted octanol–water partition coefficient (Wildman–Crippen LogP) is -1.65. The molecule has 3 N–H and O–H groups in total. The summed E-state index contributed by atoms with van der Waals surface area (Å²) in [6.07, 6.45) is 0. The zero-order chi connectivity index (χ0) is 10.4. The molecule has 0 spiro atoms. The van der Waals surface area contributed by atoms with Crippen LogP contribution in [0.25, 0.3) is 0 Å². The van der Waals surface area contributed by atoms with Crippen molar-refractivity contribution in [3.8, 4) is 0 Å². The normalized spacial score (nSPS) is 17.5. The second-order valence-electron chi connectivity index (χ2n) is 3.15. The van der Waals surface area contributed by atoms with Crippen LogP contribution in [0.1, 0.15) is 0 Å². The molecule has 1 saturated heterocycles. The van der Waals surface area contributed by atoms with E-state index in [1.807, 2.05) is 4.90 Å². The van der Waals surface area contributed by atoms with E-state index in [4.69, 9.17) is 0 Å². The van der Waals surface area contributed by atoms with Crippen molar-refractivity contribution in [1.29, 1.82) is 0 Å². The van der Waals surface area contributed by atoms with E-state index in [-0.39, 0.29) is 12.5 Å². The highest BCUT2D eigenvalue weighted by Crippen LogP contribution is 1.90. The average molecular weight is 200 g/mol. The Morgan fingerprint density at radius 1 is 1.36 bits per heavy atom. The van der Waals surface area contributed by atoms with Crippen LogP contribution < -0.4 is 16.0 Å². The van der Waals surface area contributed by atoms with Gasteiger partial charge in [0.1, 0.15) is 0 Å². The van der Waals surface area contributed by atoms with Gasteiger partial charge < -0.3 is 10.6 Å². The molecule has 14 heavy (non-hydrogen) atoms. The van der Waals surface area contributed by atoms with Crippen LogP contribution in [-0.2, 0) is 4.79 Å². The molecule has 0 bridgehead atoms. The molecule has 1 heterocycles. The summed E-state index contributed by atoms with van der Waals surface area (Å²) in [7, 11) is 1.48. The molecular formula is C8H16N4O2. The zero-order valence-corrected chi connectivity index (χ0v) is 8.30. The number of amides is 3. The number of urea groups is 1. The first-order valence-electron chi connectivity index (χ1n) is 4.67. The van der Waals surface area contributed by atoms with Gasteiger partial charge in [0.2, 0.25) is 5.91 Å². The Balaban J connectivity index is 2.21. The molecule has 0 saturated carbocycles. The summed E-state index contributed by atoms with van der Waals surface area (Å²) < 4.78 is 0. The van der Waals surface area contributed by atoms with Crippen LogP contribution in [0, 0.1) is 0 Å². The van der Waals surface area contributed by atoms with E-state index in [9.17, 15) is 9.59 Å². The molecule has 0 aromatic carbocycles. The lowest BCUT2D eigenvalue weighted by Gasteiger charge is -2.26. The summed E-state index contributed by atoms with van der Waals surface area (Å²) in [6, 6.07) is -0.454. The van der Waals surface area contributed by atoms with Crippen molar-refractivity contribution in [3.63, 3.8) is 0 Å². The highest BCUT2D eigenvalue weighted by molar-refractivity contribution is 5.95. The molecule has 1 aliphatic rings. The van der Waals surface area contributed by atoms with E-state index in [0.29, 0.717) is 0 Å². The molecule has 0 unspecified atom stereocenters. The molecule has 3 amide bonds. The Morgan fingerprint density at radius 3 is 2.57 bits per heavy atom. The van der Waals surface area contributed by atoms with Crippen molar-refractivity contribution in [2.24, 2.45) is 0 Å². The van der Waals surface area contributed by atoms with Crippen molar-refractivity contribution < 1.29 is 9.59 Å². The molecule has 1 fully saturated rings. The number of carbonyl (C=O) groups excluding carboxylic acids is 2. The lowest BCUT2D eigenvalue weighted by Crippen LogP contribution is -2.49. The topological polar surface area (TPSA) is 73.5 Å². The van der Waals surface area contributed by atoms with Crippen molar-refractivity contribution in [2.75, 3.05) is 39.8 Å². The summed E-state index contributed by atoms with van der Waals surface area (Å²) in [4.78, 5) is 24.0. The van der Waals surface area contributed by atoms with Gasteiger partial charge in [-0.25, -0.2) is 4.79 Å². The number of rotatable bonds is 2. The fourth-order valence-corrected chi connectivity index (χ4v) is 1.30. The van der Waals surface area contributed by atoms with Crippen molar-refractivity contribution >= 4 is 11.9 Å². The molecular weight excluding hydrogens is 184 g/mol. The quantitative estimate of drug-likeness (QED) is 0.499. The molecule has 80 valence electrons. The van der Waals surface area contributed by atoms with Crippen LogP contribution in [0.15, 0.2) is 0 Å². The molecule has 0 radical (unpaired) electrons. The third kappa shape index (κ3) is 3.71. The minimum Gasteiger partial charge on any atom is -0.341 e. The van der Waals surface area contributed by atoms with Gasteiger partial charge in [0.25, 0.3) is 0 Å². The second kappa shape index (κ2) is 5.56. The highest BCUT2D eigenvalue weighted by atomic mass is 16.2. The summed E-state index contributed by atoms with van der Waals surface area (Å²) in [5.74, 6) is -0.258. The van der Waals surface area contributed by atoms with Crippen LogP contribution in [0.5, 0.6) is 0 Å². The summed E-state index contributed by atoms with van der Waals surface area (Å²) in [6.45, 7) is 3.78. The Labute approximate surface area is 83.0 Å². The van der Waals surface area contributed by atoms with Crippen molar-refractivity contribution in [2.45, 2.75) is 0 Å². The highest BCUT2D eigenvalue weighted by Gasteiger charge is 2.14. The lowest BCUT2D eigenvalue weighted by atomic mass is 10.3. The van der Waals surface area contributed by atoms with E-state index in [2.05, 4.69) is 16.0 Å². The minimum absolute atomic E-state index is 0.258. The fraction of sp³-hybridized carbons (Fsp3) is 0.750. The molecule has 0 atom stereocenters. The maximum atomic E-state index is 11.2. The van der Waals surface area contributed by atoms with Gasteiger partial charge in [-0.2, -0.15) is 0 Å². The van der Waals surface area contributed by atoms with Crippen LogP contribution in [0.3, 0.4) is 0 Å². The first-order valence-corrected chi connectivity index (χ1v) is 4.67. The van der Waals surface area contributed by atoms with E-state index >= 15 is 0 Å². The monoisotopic (exact) mass is 200 g/mol. The predicted molar refractivity (Wildman–Crippen MR) is 51.9 cm³/mol. The third-order valence-electron chi connectivity index (χ3n) is 2.06. The van der Waals surface area contributed by atoms with E-state index in [1.165, 1.54) is 7.05 Å². The molecule has 6 nitrogen and oxygen atoms in total. The number of nitrogens with one attached hydrogen (secondary N) is 3. The van der Waals surface area contributed by atoms with Gasteiger partial charge >= 0.3 is 6.03 Å². The summed E-state index contributed by atoms with van der Waals surface area (Å²) in [5, 5.41) is 7.74. The van der Waals surface area contributed by atoms with Crippen molar-refractivity contribution in [3.05, 3.63) is 0 Å². The molecule has 0 aliphatic carbocycles. The Kier molecular flexibility index (Phi) is 4.34. The summed E-state index contributed by atoms with van der Waals surface area (Å²) >= 11 is 0. The molecule has 0 aromatic rings. The lowest BCUT2D eigenvalue weighted by molar-refractivity contribution is -0.121. The van der Waals surface area contributed by atoms with Crippen LogP contribution in [-0.4, -0.2) is 56.6 Å². The van der Waals surface area contributed by atoms with Gasteiger partial charge in [-0.3, -0.25) is 15.0 Å². The minimum atomic E-state index is -0.454. The van der Waals surface area contributed by atoms with Gasteiger partial charge in [-0.15, -0.1) is 0 Å². The van der Waals surface area contributed by atoms with E-state index < -0.39 is 6.03 Å². The Hall–Kier alpha value is -1.14. The Morgan fingerprint density at radius 2 is 2.00 bits per heavy atom. The Bertz CT molecular complexity index is 213. The van der Waals surface area contributed by atoms with Gasteiger partial charge in [0, 0.05) is 33.2 Å². The van der Waals surface area contributed by atoms with Crippen molar-refractivity contribution in [1.82, 2.24) is 20.9 Å². The zero-order valence-electron chi connectivity index (χ0n) is 8.30.